The molecule has 0 aliphatic rings. The van der Waals surface area contributed by atoms with E-state index in [0.29, 0.717) is 25.7 Å². The normalized spacial score (nSPS) is 8.81. The molecule has 0 heterocycles. The van der Waals surface area contributed by atoms with Crippen LogP contribution in [0.2, 0.25) is 0 Å². The zero-order valence-electron chi connectivity index (χ0n) is 9.65. The van der Waals surface area contributed by atoms with Crippen LogP contribution in [0.4, 0.5) is 0 Å². The second kappa shape index (κ2) is 13.6. The Kier molecular flexibility index (Phi) is 14.5. The maximum absolute atomic E-state index is 9.87. The Balaban J connectivity index is 0. The smallest absolute Gasteiger partial charge is 0.303 e. The molecule has 0 fully saturated rings. The predicted molar refractivity (Wildman–Crippen MR) is 59.3 cm³/mol. The summed E-state index contributed by atoms with van der Waals surface area (Å²) >= 11 is 0. The van der Waals surface area contributed by atoms with E-state index in [-0.39, 0.29) is 6.42 Å². The number of carbonyl (C=O) groups excluding carboxylic acids is 1. The van der Waals surface area contributed by atoms with Crippen molar-refractivity contribution in [1.29, 1.82) is 0 Å². The van der Waals surface area contributed by atoms with Gasteiger partial charge in [0.1, 0.15) is 6.29 Å². The van der Waals surface area contributed by atoms with Crippen LogP contribution in [-0.2, 0) is 14.4 Å². The Morgan fingerprint density at radius 2 is 1.50 bits per heavy atom. The third-order valence-electron chi connectivity index (χ3n) is 1.71. The van der Waals surface area contributed by atoms with Crippen molar-refractivity contribution in [2.24, 2.45) is 0 Å². The SMILES string of the molecule is CCCCC(=O)O.O=CCCCCC(=O)O. The van der Waals surface area contributed by atoms with E-state index < -0.39 is 11.9 Å². The molecule has 0 bridgehead atoms. The van der Waals surface area contributed by atoms with Gasteiger partial charge in [0.15, 0.2) is 0 Å². The summed E-state index contributed by atoms with van der Waals surface area (Å²) in [6.07, 6.45) is 4.84. The van der Waals surface area contributed by atoms with Crippen molar-refractivity contribution in [2.45, 2.75) is 51.9 Å². The van der Waals surface area contributed by atoms with Crippen LogP contribution in [0.3, 0.4) is 0 Å². The average molecular weight is 232 g/mol. The summed E-state index contributed by atoms with van der Waals surface area (Å²) in [7, 11) is 0. The predicted octanol–water partition coefficient (Wildman–Crippen LogP) is 2.09. The number of carboxylic acid groups (broad SMARTS) is 2. The second-order valence-corrected chi connectivity index (χ2v) is 3.30. The van der Waals surface area contributed by atoms with E-state index in [9.17, 15) is 14.4 Å². The molecule has 16 heavy (non-hydrogen) atoms. The van der Waals surface area contributed by atoms with Crippen LogP contribution >= 0.6 is 0 Å². The lowest BCUT2D eigenvalue weighted by Gasteiger charge is -1.89. The fourth-order valence-corrected chi connectivity index (χ4v) is 0.832. The van der Waals surface area contributed by atoms with Crippen LogP contribution in [-0.4, -0.2) is 28.4 Å². The van der Waals surface area contributed by atoms with Crippen LogP contribution in [0, 0.1) is 0 Å². The van der Waals surface area contributed by atoms with Crippen LogP contribution in [0.25, 0.3) is 0 Å². The quantitative estimate of drug-likeness (QED) is 0.494. The molecule has 0 saturated carbocycles. The standard InChI is InChI=1S/C6H10O3.C5H10O2/c7-5-3-1-2-4-6(8)9;1-2-3-4-5(6)7/h5H,1-4H2,(H,8,9);2-4H2,1H3,(H,6,7). The molecule has 0 atom stereocenters. The topological polar surface area (TPSA) is 91.7 Å². The summed E-state index contributed by atoms with van der Waals surface area (Å²) < 4.78 is 0. The number of aliphatic carboxylic acids is 2. The first-order valence-corrected chi connectivity index (χ1v) is 5.41. The van der Waals surface area contributed by atoms with Crippen LogP contribution in [0.1, 0.15) is 51.9 Å². The molecule has 0 rings (SSSR count). The van der Waals surface area contributed by atoms with E-state index in [2.05, 4.69) is 0 Å². The van der Waals surface area contributed by atoms with Gasteiger partial charge in [-0.3, -0.25) is 9.59 Å². The van der Waals surface area contributed by atoms with Gasteiger partial charge in [0.05, 0.1) is 0 Å². The molecular weight excluding hydrogens is 212 g/mol. The Labute approximate surface area is 95.5 Å². The summed E-state index contributed by atoms with van der Waals surface area (Å²) in [6, 6.07) is 0. The van der Waals surface area contributed by atoms with E-state index in [1.165, 1.54) is 0 Å². The lowest BCUT2D eigenvalue weighted by molar-refractivity contribution is -0.138. The molecule has 0 saturated heterocycles. The molecule has 0 aromatic heterocycles. The number of hydrogen-bond acceptors (Lipinski definition) is 3. The van der Waals surface area contributed by atoms with Gasteiger partial charge in [-0.2, -0.15) is 0 Å². The molecule has 0 unspecified atom stereocenters. The summed E-state index contributed by atoms with van der Waals surface area (Å²) in [6.45, 7) is 1.98. The van der Waals surface area contributed by atoms with E-state index in [0.717, 1.165) is 19.1 Å². The first-order chi connectivity index (χ1) is 7.54. The van der Waals surface area contributed by atoms with Crippen molar-refractivity contribution in [3.8, 4) is 0 Å². The largest absolute Gasteiger partial charge is 0.481 e. The highest BCUT2D eigenvalue weighted by molar-refractivity contribution is 5.66. The monoisotopic (exact) mass is 232 g/mol. The number of unbranched alkanes of at least 4 members (excludes halogenated alkanes) is 3. The first-order valence-electron chi connectivity index (χ1n) is 5.41. The first kappa shape index (κ1) is 17.0. The molecule has 0 aromatic carbocycles. The lowest BCUT2D eigenvalue weighted by atomic mass is 10.2. The van der Waals surface area contributed by atoms with Crippen molar-refractivity contribution in [1.82, 2.24) is 0 Å². The molecule has 0 aliphatic heterocycles. The van der Waals surface area contributed by atoms with Crippen LogP contribution in [0.5, 0.6) is 0 Å². The fourth-order valence-electron chi connectivity index (χ4n) is 0.832. The maximum atomic E-state index is 9.87. The van der Waals surface area contributed by atoms with Crippen molar-refractivity contribution in [3.63, 3.8) is 0 Å². The molecule has 2 N–H and O–H groups in total. The fraction of sp³-hybridized carbons (Fsp3) is 0.727. The van der Waals surface area contributed by atoms with Gasteiger partial charge in [-0.25, -0.2) is 0 Å². The zero-order chi connectivity index (χ0) is 12.8. The van der Waals surface area contributed by atoms with E-state index in [4.69, 9.17) is 10.2 Å². The summed E-state index contributed by atoms with van der Waals surface area (Å²) in [5.74, 6) is -1.48. The van der Waals surface area contributed by atoms with Crippen molar-refractivity contribution >= 4 is 18.2 Å². The molecule has 0 amide bonds. The third kappa shape index (κ3) is 22.9. The molecule has 0 spiro atoms. The van der Waals surface area contributed by atoms with Gasteiger partial charge in [-0.05, 0) is 19.3 Å². The van der Waals surface area contributed by atoms with Crippen molar-refractivity contribution in [2.75, 3.05) is 0 Å². The lowest BCUT2D eigenvalue weighted by Crippen LogP contribution is -1.93. The van der Waals surface area contributed by atoms with Crippen molar-refractivity contribution < 1.29 is 24.6 Å². The third-order valence-corrected chi connectivity index (χ3v) is 1.71. The van der Waals surface area contributed by atoms with Crippen molar-refractivity contribution in [3.05, 3.63) is 0 Å². The molecule has 0 aromatic rings. The second-order valence-electron chi connectivity index (χ2n) is 3.30. The van der Waals surface area contributed by atoms with Gasteiger partial charge in [-0.15, -0.1) is 0 Å². The Morgan fingerprint density at radius 3 is 1.81 bits per heavy atom. The summed E-state index contributed by atoms with van der Waals surface area (Å²) in [4.78, 5) is 29.3. The molecular formula is C11H20O5. The molecule has 5 heteroatoms. The number of hydrogen-bond donors (Lipinski definition) is 2. The van der Waals surface area contributed by atoms with E-state index in [1.54, 1.807) is 0 Å². The van der Waals surface area contributed by atoms with E-state index in [1.807, 2.05) is 6.92 Å². The van der Waals surface area contributed by atoms with Gasteiger partial charge in [0.2, 0.25) is 0 Å². The zero-order valence-corrected chi connectivity index (χ0v) is 9.65. The highest BCUT2D eigenvalue weighted by atomic mass is 16.4. The minimum absolute atomic E-state index is 0.174. The summed E-state index contributed by atoms with van der Waals surface area (Å²) in [5.41, 5.74) is 0. The number of carboxylic acids is 2. The summed E-state index contributed by atoms with van der Waals surface area (Å²) in [5, 5.41) is 16.2. The highest BCUT2D eigenvalue weighted by Gasteiger charge is 1.94. The minimum atomic E-state index is -0.791. The Hall–Kier alpha value is -1.39. The Bertz CT molecular complexity index is 201. The minimum Gasteiger partial charge on any atom is -0.481 e. The number of rotatable bonds is 8. The molecule has 0 aliphatic carbocycles. The van der Waals surface area contributed by atoms with Gasteiger partial charge in [-0.1, -0.05) is 13.3 Å². The van der Waals surface area contributed by atoms with Gasteiger partial charge in [0, 0.05) is 19.3 Å². The molecule has 5 nitrogen and oxygen atoms in total. The average Bonchev–Trinajstić information content (AvgIpc) is 2.22. The van der Waals surface area contributed by atoms with Gasteiger partial charge >= 0.3 is 11.9 Å². The van der Waals surface area contributed by atoms with Crippen LogP contribution < -0.4 is 0 Å². The number of aldehydes is 1. The van der Waals surface area contributed by atoms with Gasteiger partial charge < -0.3 is 15.0 Å². The molecule has 0 radical (unpaired) electrons. The number of carbonyl (C=O) groups is 3. The van der Waals surface area contributed by atoms with Gasteiger partial charge in [0.25, 0.3) is 0 Å². The highest BCUT2D eigenvalue weighted by Crippen LogP contribution is 1.96. The van der Waals surface area contributed by atoms with E-state index >= 15 is 0 Å². The Morgan fingerprint density at radius 1 is 1.00 bits per heavy atom. The van der Waals surface area contributed by atoms with Crippen LogP contribution in [0.15, 0.2) is 0 Å². The maximum Gasteiger partial charge on any atom is 0.303 e. The molecule has 94 valence electrons.